The Labute approximate surface area is 132 Å². The van der Waals surface area contributed by atoms with Crippen molar-refractivity contribution in [3.63, 3.8) is 0 Å². The molecule has 1 saturated heterocycles. The normalized spacial score (nSPS) is 20.4. The van der Waals surface area contributed by atoms with Gasteiger partial charge < -0.3 is 4.90 Å². The third-order valence-electron chi connectivity index (χ3n) is 3.66. The lowest BCUT2D eigenvalue weighted by atomic mass is 10.1. The second kappa shape index (κ2) is 6.31. The molecule has 1 aromatic rings. The number of carbonyl (C=O) groups excluding carboxylic acids is 1. The highest BCUT2D eigenvalue weighted by Crippen LogP contribution is 2.33. The van der Waals surface area contributed by atoms with Crippen LogP contribution in [0.5, 0.6) is 0 Å². The molecule has 114 valence electrons. The van der Waals surface area contributed by atoms with E-state index in [1.165, 1.54) is 24.2 Å². The molecule has 6 nitrogen and oxygen atoms in total. The van der Waals surface area contributed by atoms with Crippen molar-refractivity contribution in [3.8, 4) is 0 Å². The predicted octanol–water partition coefficient (Wildman–Crippen LogP) is 3.05. The number of likely N-dealkylation sites (tertiary alicyclic amines) is 1. The van der Waals surface area contributed by atoms with Gasteiger partial charge in [-0.15, -0.1) is 0 Å². The minimum atomic E-state index is -0.442. The van der Waals surface area contributed by atoms with Crippen LogP contribution in [0.2, 0.25) is 0 Å². The number of amides is 1. The van der Waals surface area contributed by atoms with Crippen LogP contribution in [0.4, 0.5) is 5.69 Å². The van der Waals surface area contributed by atoms with E-state index < -0.39 is 4.92 Å². The SMILES string of the molecule is O=C1N=C(N2CCCCC2)S/C1=C/c1ccccc1[N+](=O)[O-]. The van der Waals surface area contributed by atoms with Crippen LogP contribution in [0.25, 0.3) is 6.08 Å². The van der Waals surface area contributed by atoms with Gasteiger partial charge in [-0.2, -0.15) is 4.99 Å². The minimum absolute atomic E-state index is 0.00479. The van der Waals surface area contributed by atoms with Gasteiger partial charge in [0.1, 0.15) is 0 Å². The number of amidine groups is 1. The van der Waals surface area contributed by atoms with Crippen LogP contribution in [0.1, 0.15) is 24.8 Å². The van der Waals surface area contributed by atoms with E-state index in [1.54, 1.807) is 24.3 Å². The third kappa shape index (κ3) is 3.04. The molecule has 3 rings (SSSR count). The highest BCUT2D eigenvalue weighted by atomic mass is 32.2. The van der Waals surface area contributed by atoms with Gasteiger partial charge in [-0.1, -0.05) is 12.1 Å². The number of para-hydroxylation sites is 1. The fourth-order valence-corrected chi connectivity index (χ4v) is 3.49. The summed E-state index contributed by atoms with van der Waals surface area (Å²) in [5.74, 6) is -0.316. The first kappa shape index (κ1) is 14.8. The Bertz CT molecular complexity index is 678. The Morgan fingerprint density at radius 3 is 2.68 bits per heavy atom. The zero-order valence-electron chi connectivity index (χ0n) is 11.9. The molecule has 7 heteroatoms. The number of benzene rings is 1. The van der Waals surface area contributed by atoms with Gasteiger partial charge in [0, 0.05) is 19.2 Å². The number of thioether (sulfide) groups is 1. The van der Waals surface area contributed by atoms with Crippen LogP contribution in [0.15, 0.2) is 34.2 Å². The quantitative estimate of drug-likeness (QED) is 0.476. The summed E-state index contributed by atoms with van der Waals surface area (Å²) in [5.41, 5.74) is 0.424. The first-order valence-corrected chi connectivity index (χ1v) is 7.98. The van der Waals surface area contributed by atoms with E-state index in [4.69, 9.17) is 0 Å². The van der Waals surface area contributed by atoms with E-state index in [2.05, 4.69) is 9.89 Å². The number of nitro groups is 1. The van der Waals surface area contributed by atoms with Crippen molar-refractivity contribution in [2.75, 3.05) is 13.1 Å². The lowest BCUT2D eigenvalue weighted by Crippen LogP contribution is -2.33. The molecule has 0 saturated carbocycles. The summed E-state index contributed by atoms with van der Waals surface area (Å²) in [4.78, 5) is 29.3. The number of aliphatic imine (C=N–C) groups is 1. The molecule has 1 amide bonds. The van der Waals surface area contributed by atoms with Gasteiger partial charge in [-0.3, -0.25) is 14.9 Å². The fraction of sp³-hybridized carbons (Fsp3) is 0.333. The predicted molar refractivity (Wildman–Crippen MR) is 86.5 cm³/mol. The lowest BCUT2D eigenvalue weighted by Gasteiger charge is -2.27. The maximum absolute atomic E-state index is 12.0. The van der Waals surface area contributed by atoms with Crippen LogP contribution in [0, 0.1) is 10.1 Å². The van der Waals surface area contributed by atoms with Gasteiger partial charge in [0.05, 0.1) is 15.4 Å². The van der Waals surface area contributed by atoms with E-state index in [0.29, 0.717) is 10.5 Å². The summed E-state index contributed by atoms with van der Waals surface area (Å²) >= 11 is 1.31. The molecule has 1 fully saturated rings. The molecule has 0 atom stereocenters. The average molecular weight is 317 g/mol. The topological polar surface area (TPSA) is 75.8 Å². The second-order valence-corrected chi connectivity index (χ2v) is 6.18. The van der Waals surface area contributed by atoms with Crippen molar-refractivity contribution in [3.05, 3.63) is 44.8 Å². The van der Waals surface area contributed by atoms with E-state index in [1.807, 2.05) is 0 Å². The molecule has 0 aliphatic carbocycles. The molecule has 0 unspecified atom stereocenters. The number of piperidine rings is 1. The highest BCUT2D eigenvalue weighted by molar-refractivity contribution is 8.18. The Balaban J connectivity index is 1.82. The molecule has 2 aliphatic rings. The summed E-state index contributed by atoms with van der Waals surface area (Å²) in [6.07, 6.45) is 4.99. The van der Waals surface area contributed by atoms with E-state index in [-0.39, 0.29) is 11.6 Å². The standard InChI is InChI=1S/C15H15N3O3S/c19-14-13(10-11-6-2-3-7-12(11)18(20)21)22-15(16-14)17-8-4-1-5-9-17/h2-3,6-7,10H,1,4-5,8-9H2/b13-10+. The summed E-state index contributed by atoms with van der Waals surface area (Å²) in [6, 6.07) is 6.40. The Morgan fingerprint density at radius 1 is 1.23 bits per heavy atom. The first-order chi connectivity index (χ1) is 10.6. The molecular formula is C15H15N3O3S. The van der Waals surface area contributed by atoms with E-state index in [9.17, 15) is 14.9 Å². The first-order valence-electron chi connectivity index (χ1n) is 7.16. The summed E-state index contributed by atoms with van der Waals surface area (Å²) in [7, 11) is 0. The van der Waals surface area contributed by atoms with Crippen LogP contribution in [-0.4, -0.2) is 34.0 Å². The number of hydrogen-bond acceptors (Lipinski definition) is 5. The van der Waals surface area contributed by atoms with Crippen molar-refractivity contribution < 1.29 is 9.72 Å². The summed E-state index contributed by atoms with van der Waals surface area (Å²) < 4.78 is 0. The van der Waals surface area contributed by atoms with Gasteiger partial charge in [-0.25, -0.2) is 0 Å². The van der Waals surface area contributed by atoms with E-state index >= 15 is 0 Å². The van der Waals surface area contributed by atoms with Crippen LogP contribution < -0.4 is 0 Å². The summed E-state index contributed by atoms with van der Waals surface area (Å²) in [6.45, 7) is 1.83. The maximum Gasteiger partial charge on any atom is 0.286 e. The van der Waals surface area contributed by atoms with Gasteiger partial charge in [0.2, 0.25) is 0 Å². The van der Waals surface area contributed by atoms with Crippen molar-refractivity contribution in [1.82, 2.24) is 4.90 Å². The molecule has 0 radical (unpaired) electrons. The van der Waals surface area contributed by atoms with Crippen molar-refractivity contribution in [2.45, 2.75) is 19.3 Å². The molecular weight excluding hydrogens is 302 g/mol. The molecule has 1 aromatic carbocycles. The number of carbonyl (C=O) groups is 1. The molecule has 0 bridgehead atoms. The Kier molecular flexibility index (Phi) is 4.24. The molecule has 2 aliphatic heterocycles. The van der Waals surface area contributed by atoms with E-state index in [0.717, 1.165) is 31.1 Å². The van der Waals surface area contributed by atoms with Crippen LogP contribution in [0.3, 0.4) is 0 Å². The van der Waals surface area contributed by atoms with Gasteiger partial charge in [-0.05, 0) is 43.2 Å². The van der Waals surface area contributed by atoms with Crippen LogP contribution in [-0.2, 0) is 4.79 Å². The third-order valence-corrected chi connectivity index (χ3v) is 4.70. The van der Waals surface area contributed by atoms with Crippen molar-refractivity contribution in [1.29, 1.82) is 0 Å². The number of hydrogen-bond donors (Lipinski definition) is 0. The zero-order chi connectivity index (χ0) is 15.5. The molecule has 0 aromatic heterocycles. The monoisotopic (exact) mass is 317 g/mol. The number of nitro benzene ring substituents is 1. The maximum atomic E-state index is 12.0. The molecule has 0 spiro atoms. The minimum Gasteiger partial charge on any atom is -0.351 e. The Hall–Kier alpha value is -2.15. The molecule has 2 heterocycles. The van der Waals surface area contributed by atoms with Crippen molar-refractivity contribution >= 4 is 34.6 Å². The van der Waals surface area contributed by atoms with Gasteiger partial charge in [0.15, 0.2) is 5.17 Å². The largest absolute Gasteiger partial charge is 0.351 e. The zero-order valence-corrected chi connectivity index (χ0v) is 12.7. The lowest BCUT2D eigenvalue weighted by molar-refractivity contribution is -0.385. The highest BCUT2D eigenvalue weighted by Gasteiger charge is 2.27. The van der Waals surface area contributed by atoms with Gasteiger partial charge in [0.25, 0.3) is 11.6 Å². The fourth-order valence-electron chi connectivity index (χ4n) is 2.54. The van der Waals surface area contributed by atoms with Crippen molar-refractivity contribution in [2.24, 2.45) is 4.99 Å². The number of rotatable bonds is 2. The molecule has 0 N–H and O–H groups in total. The Morgan fingerprint density at radius 2 is 1.95 bits per heavy atom. The smallest absolute Gasteiger partial charge is 0.286 e. The number of nitrogens with zero attached hydrogens (tertiary/aromatic N) is 3. The second-order valence-electron chi connectivity index (χ2n) is 5.17. The summed E-state index contributed by atoms with van der Waals surface area (Å²) in [5, 5.41) is 11.8. The molecule has 22 heavy (non-hydrogen) atoms. The van der Waals surface area contributed by atoms with Crippen LogP contribution >= 0.6 is 11.8 Å². The average Bonchev–Trinajstić information content (AvgIpc) is 2.90. The van der Waals surface area contributed by atoms with Gasteiger partial charge >= 0.3 is 0 Å².